The summed E-state index contributed by atoms with van der Waals surface area (Å²) < 4.78 is 17.3. The van der Waals surface area contributed by atoms with Gasteiger partial charge in [0.25, 0.3) is 11.4 Å². The first-order valence-electron chi connectivity index (χ1n) is 11.9. The van der Waals surface area contributed by atoms with Gasteiger partial charge in [-0.2, -0.15) is 0 Å². The molecule has 0 amide bonds. The summed E-state index contributed by atoms with van der Waals surface area (Å²) in [6.07, 6.45) is 0. The number of hydrogen-bond donors (Lipinski definition) is 0. The molecule has 0 N–H and O–H groups in total. The van der Waals surface area contributed by atoms with Crippen LogP contribution in [0.2, 0.25) is 10.0 Å². The zero-order chi connectivity index (χ0) is 26.6. The van der Waals surface area contributed by atoms with Crippen LogP contribution in [-0.4, -0.2) is 85.5 Å². The molecule has 0 aliphatic carbocycles. The van der Waals surface area contributed by atoms with Gasteiger partial charge in [0.1, 0.15) is 0 Å². The van der Waals surface area contributed by atoms with Crippen molar-refractivity contribution in [3.63, 3.8) is 0 Å². The van der Waals surface area contributed by atoms with E-state index in [-0.39, 0.29) is 11.4 Å². The van der Waals surface area contributed by atoms with Crippen molar-refractivity contribution in [2.75, 3.05) is 65.8 Å². The minimum atomic E-state index is -0.470. The van der Waals surface area contributed by atoms with Crippen LogP contribution in [0, 0.1) is 20.2 Å². The van der Waals surface area contributed by atoms with Gasteiger partial charge >= 0.3 is 0 Å². The van der Waals surface area contributed by atoms with Gasteiger partial charge in [-0.3, -0.25) is 30.0 Å². The molecule has 0 aromatic heterocycles. The topological polar surface area (TPSA) is 120 Å². The van der Waals surface area contributed by atoms with Gasteiger partial charge in [0.2, 0.25) is 0 Å². The van der Waals surface area contributed by atoms with Crippen molar-refractivity contribution in [3.8, 4) is 0 Å². The number of halogens is 2. The fraction of sp³-hybridized carbons (Fsp3) is 0.500. The predicted octanol–water partition coefficient (Wildman–Crippen LogP) is 4.18. The highest BCUT2D eigenvalue weighted by Gasteiger charge is 2.15. The molecule has 0 radical (unpaired) electrons. The summed E-state index contributed by atoms with van der Waals surface area (Å²) in [6.45, 7) is 6.41. The highest BCUT2D eigenvalue weighted by Crippen LogP contribution is 2.25. The summed E-state index contributed by atoms with van der Waals surface area (Å²) in [4.78, 5) is 25.3. The van der Waals surface area contributed by atoms with E-state index in [1.54, 1.807) is 12.1 Å². The van der Waals surface area contributed by atoms with E-state index in [9.17, 15) is 20.2 Å². The van der Waals surface area contributed by atoms with E-state index in [2.05, 4.69) is 9.80 Å². The van der Waals surface area contributed by atoms with Gasteiger partial charge in [0, 0.05) is 63.5 Å². The van der Waals surface area contributed by atoms with Crippen LogP contribution in [0.25, 0.3) is 0 Å². The lowest BCUT2D eigenvalue weighted by Gasteiger charge is -2.24. The third kappa shape index (κ3) is 9.78. The molecule has 13 heteroatoms. The Bertz CT molecular complexity index is 978. The smallest absolute Gasteiger partial charge is 0.270 e. The average molecular weight is 557 g/mol. The van der Waals surface area contributed by atoms with E-state index >= 15 is 0 Å². The summed E-state index contributed by atoms with van der Waals surface area (Å²) in [6, 6.07) is 8.97. The number of benzene rings is 2. The molecule has 2 aromatic rings. The fourth-order valence-corrected chi connectivity index (χ4v) is 4.25. The molecular weight excluding hydrogens is 527 g/mol. The lowest BCUT2D eigenvalue weighted by molar-refractivity contribution is -0.385. The van der Waals surface area contributed by atoms with E-state index in [0.717, 1.165) is 11.1 Å². The first-order valence-corrected chi connectivity index (χ1v) is 12.6. The van der Waals surface area contributed by atoms with Crippen molar-refractivity contribution in [2.24, 2.45) is 0 Å². The third-order valence-electron chi connectivity index (χ3n) is 5.86. The first kappa shape index (κ1) is 29.2. The van der Waals surface area contributed by atoms with Crippen LogP contribution in [0.5, 0.6) is 0 Å². The maximum absolute atomic E-state index is 11.0. The molecule has 2 aromatic carbocycles. The zero-order valence-electron chi connectivity index (χ0n) is 20.4. The summed E-state index contributed by atoms with van der Waals surface area (Å²) in [7, 11) is 0. The van der Waals surface area contributed by atoms with Crippen LogP contribution in [0.3, 0.4) is 0 Å². The number of nitro benzene ring substituents is 2. The zero-order valence-corrected chi connectivity index (χ0v) is 21.9. The van der Waals surface area contributed by atoms with Gasteiger partial charge in [-0.1, -0.05) is 23.2 Å². The SMILES string of the molecule is O=[N+]([O-])c1ccc(CN2CCOCCOCCN(Cc3ccc([N+](=O)[O-])cc3Cl)CCOCC2)c(Cl)c1. The van der Waals surface area contributed by atoms with Gasteiger partial charge in [-0.05, 0) is 23.3 Å². The number of rotatable bonds is 6. The number of nitrogens with zero attached hydrogens (tertiary/aromatic N) is 4. The first-order chi connectivity index (χ1) is 17.8. The molecule has 3 rings (SSSR count). The molecule has 37 heavy (non-hydrogen) atoms. The second-order valence-corrected chi connectivity index (χ2v) is 9.27. The largest absolute Gasteiger partial charge is 0.379 e. The van der Waals surface area contributed by atoms with Crippen LogP contribution >= 0.6 is 23.2 Å². The molecule has 0 spiro atoms. The molecule has 1 saturated heterocycles. The van der Waals surface area contributed by atoms with Crippen LogP contribution in [0.4, 0.5) is 11.4 Å². The summed E-state index contributed by atoms with van der Waals surface area (Å²) in [5.41, 5.74) is 1.49. The lowest BCUT2D eigenvalue weighted by atomic mass is 10.2. The highest BCUT2D eigenvalue weighted by atomic mass is 35.5. The van der Waals surface area contributed by atoms with Crippen molar-refractivity contribution >= 4 is 34.6 Å². The van der Waals surface area contributed by atoms with Crippen molar-refractivity contribution in [1.29, 1.82) is 0 Å². The molecule has 0 atom stereocenters. The van der Waals surface area contributed by atoms with Crippen LogP contribution in [0.15, 0.2) is 36.4 Å². The quantitative estimate of drug-likeness (QED) is 0.381. The molecule has 0 unspecified atom stereocenters. The minimum absolute atomic E-state index is 0.0444. The Balaban J connectivity index is 1.58. The summed E-state index contributed by atoms with van der Waals surface area (Å²) >= 11 is 12.6. The Morgan fingerprint density at radius 2 is 1.00 bits per heavy atom. The number of nitro groups is 2. The van der Waals surface area contributed by atoms with E-state index in [1.165, 1.54) is 24.3 Å². The van der Waals surface area contributed by atoms with Crippen molar-refractivity contribution in [2.45, 2.75) is 13.1 Å². The van der Waals surface area contributed by atoms with E-state index in [0.29, 0.717) is 89.0 Å². The maximum Gasteiger partial charge on any atom is 0.270 e. The monoisotopic (exact) mass is 556 g/mol. The normalized spacial score (nSPS) is 17.6. The number of ether oxygens (including phenoxy) is 3. The summed E-state index contributed by atoms with van der Waals surface area (Å²) in [5.74, 6) is 0. The van der Waals surface area contributed by atoms with Crippen molar-refractivity contribution < 1.29 is 24.1 Å². The van der Waals surface area contributed by atoms with Crippen LogP contribution in [-0.2, 0) is 27.3 Å². The third-order valence-corrected chi connectivity index (χ3v) is 6.57. The molecular formula is C24H30Cl2N4O7. The van der Waals surface area contributed by atoms with Crippen molar-refractivity contribution in [3.05, 3.63) is 77.8 Å². The second-order valence-electron chi connectivity index (χ2n) is 8.46. The maximum atomic E-state index is 11.0. The van der Waals surface area contributed by atoms with Gasteiger partial charge in [0.05, 0.1) is 59.5 Å². The molecule has 0 bridgehead atoms. The second kappa shape index (κ2) is 15.1. The van der Waals surface area contributed by atoms with Crippen LogP contribution in [0.1, 0.15) is 11.1 Å². The number of non-ortho nitro benzene ring substituents is 2. The fourth-order valence-electron chi connectivity index (χ4n) is 3.78. The lowest BCUT2D eigenvalue weighted by Crippen LogP contribution is -2.33. The standard InChI is InChI=1S/C24H30Cl2N4O7/c25-23-15-21(29(31)32)3-1-19(23)17-27-5-9-35-10-6-28(8-12-37-14-13-36-11-7-27)18-20-2-4-22(30(33)34)16-24(20)26/h1-4,15-16H,5-14,17-18H2. The van der Waals surface area contributed by atoms with Gasteiger partial charge < -0.3 is 14.2 Å². The van der Waals surface area contributed by atoms with Gasteiger partial charge in [-0.15, -0.1) is 0 Å². The molecule has 202 valence electrons. The predicted molar refractivity (Wildman–Crippen MR) is 139 cm³/mol. The van der Waals surface area contributed by atoms with E-state index in [1.807, 2.05) is 0 Å². The summed E-state index contributed by atoms with van der Waals surface area (Å²) in [5, 5.41) is 22.7. The molecule has 0 saturated carbocycles. The Morgan fingerprint density at radius 3 is 1.32 bits per heavy atom. The molecule has 1 fully saturated rings. The Labute approximate surface area is 225 Å². The average Bonchev–Trinajstić information content (AvgIpc) is 2.87. The Kier molecular flexibility index (Phi) is 11.9. The van der Waals surface area contributed by atoms with E-state index in [4.69, 9.17) is 37.4 Å². The van der Waals surface area contributed by atoms with E-state index < -0.39 is 9.85 Å². The molecule has 1 aliphatic heterocycles. The Hall–Kier alpha value is -2.38. The van der Waals surface area contributed by atoms with Gasteiger partial charge in [0.15, 0.2) is 0 Å². The molecule has 1 aliphatic rings. The molecule has 11 nitrogen and oxygen atoms in total. The highest BCUT2D eigenvalue weighted by molar-refractivity contribution is 6.31. The van der Waals surface area contributed by atoms with Crippen molar-refractivity contribution in [1.82, 2.24) is 9.80 Å². The number of hydrogen-bond acceptors (Lipinski definition) is 9. The van der Waals surface area contributed by atoms with Crippen LogP contribution < -0.4 is 0 Å². The minimum Gasteiger partial charge on any atom is -0.379 e. The molecule has 1 heterocycles. The van der Waals surface area contributed by atoms with Gasteiger partial charge in [-0.25, -0.2) is 0 Å². The Morgan fingerprint density at radius 1 is 0.649 bits per heavy atom.